The highest BCUT2D eigenvalue weighted by Gasteiger charge is 2.20. The van der Waals surface area contributed by atoms with Crippen LogP contribution in [0.1, 0.15) is 0 Å². The lowest BCUT2D eigenvalue weighted by Gasteiger charge is -2.36. The topological polar surface area (TPSA) is 65.4 Å². The van der Waals surface area contributed by atoms with Crippen molar-refractivity contribution in [3.05, 3.63) is 77.8 Å². The maximum absolute atomic E-state index is 10.3. The van der Waals surface area contributed by atoms with E-state index in [2.05, 4.69) is 21.9 Å². The zero-order chi connectivity index (χ0) is 22.3. The fourth-order valence-corrected chi connectivity index (χ4v) is 3.76. The fraction of sp³-hybridized carbons (Fsp3) is 0.280. The number of β-amino-alcohol motifs (C(OH)–C–C–N with tert-alkyl or cyclic N) is 1. The third-order valence-corrected chi connectivity index (χ3v) is 5.62. The van der Waals surface area contributed by atoms with Gasteiger partial charge in [-0.1, -0.05) is 11.6 Å². The zero-order valence-corrected chi connectivity index (χ0v) is 18.5. The molecule has 1 fully saturated rings. The lowest BCUT2D eigenvalue weighted by molar-refractivity contribution is 0.0663. The van der Waals surface area contributed by atoms with Crippen molar-refractivity contribution < 1.29 is 19.7 Å². The average Bonchev–Trinajstić information content (AvgIpc) is 2.81. The third-order valence-electron chi connectivity index (χ3n) is 5.37. The van der Waals surface area contributed by atoms with Crippen molar-refractivity contribution in [3.8, 4) is 23.0 Å². The number of aromatic hydroxyl groups is 1. The molecule has 0 spiro atoms. The van der Waals surface area contributed by atoms with Crippen LogP contribution in [0.4, 0.5) is 5.69 Å². The smallest absolute Gasteiger partial charge is 0.127 e. The summed E-state index contributed by atoms with van der Waals surface area (Å²) in [6.07, 6.45) is -0.570. The van der Waals surface area contributed by atoms with Crippen LogP contribution in [-0.2, 0) is 0 Å². The van der Waals surface area contributed by atoms with Gasteiger partial charge in [-0.3, -0.25) is 4.90 Å². The molecule has 4 rings (SSSR count). The zero-order valence-electron chi connectivity index (χ0n) is 17.7. The summed E-state index contributed by atoms with van der Waals surface area (Å²) in [5.41, 5.74) is 1.16. The lowest BCUT2D eigenvalue weighted by Crippen LogP contribution is -2.49. The number of hydrogen-bond acceptors (Lipinski definition) is 6. The molecule has 168 valence electrons. The van der Waals surface area contributed by atoms with Crippen molar-refractivity contribution in [2.45, 2.75) is 6.10 Å². The van der Waals surface area contributed by atoms with Gasteiger partial charge >= 0.3 is 0 Å². The second kappa shape index (κ2) is 10.6. The molecule has 0 amide bonds. The largest absolute Gasteiger partial charge is 0.508 e. The molecule has 3 aromatic carbocycles. The number of rotatable bonds is 8. The molecule has 0 radical (unpaired) electrons. The Morgan fingerprint density at radius 3 is 1.97 bits per heavy atom. The second-order valence-corrected chi connectivity index (χ2v) is 8.23. The van der Waals surface area contributed by atoms with Gasteiger partial charge in [0.15, 0.2) is 0 Å². The Hall–Kier alpha value is -2.93. The molecule has 1 atom stereocenters. The first-order chi connectivity index (χ1) is 15.5. The molecule has 0 saturated carbocycles. The molecule has 0 bridgehead atoms. The van der Waals surface area contributed by atoms with E-state index in [0.29, 0.717) is 17.3 Å². The van der Waals surface area contributed by atoms with Crippen LogP contribution in [0.2, 0.25) is 5.02 Å². The van der Waals surface area contributed by atoms with Crippen molar-refractivity contribution in [1.82, 2.24) is 4.90 Å². The number of aliphatic hydroxyl groups is 1. The summed E-state index contributed by atoms with van der Waals surface area (Å²) in [4.78, 5) is 4.58. The van der Waals surface area contributed by atoms with Crippen LogP contribution in [0.5, 0.6) is 23.0 Å². The predicted octanol–water partition coefficient (Wildman–Crippen LogP) is 4.40. The minimum absolute atomic E-state index is 0.194. The van der Waals surface area contributed by atoms with Crippen molar-refractivity contribution in [2.75, 3.05) is 44.2 Å². The molecule has 1 saturated heterocycles. The van der Waals surface area contributed by atoms with E-state index >= 15 is 0 Å². The first-order valence-electron chi connectivity index (χ1n) is 10.7. The van der Waals surface area contributed by atoms with Crippen LogP contribution in [0.15, 0.2) is 72.8 Å². The van der Waals surface area contributed by atoms with Crippen molar-refractivity contribution in [1.29, 1.82) is 0 Å². The molecule has 1 heterocycles. The van der Waals surface area contributed by atoms with Crippen LogP contribution >= 0.6 is 11.6 Å². The van der Waals surface area contributed by atoms with Crippen LogP contribution in [-0.4, -0.2) is 60.5 Å². The minimum Gasteiger partial charge on any atom is -0.508 e. The van der Waals surface area contributed by atoms with E-state index in [1.807, 2.05) is 24.3 Å². The standard InChI is InChI=1S/C25H27ClN2O4/c26-19-1-7-24(8-2-19)32-25-9-3-20(4-10-25)28-15-13-27(14-16-28)17-22(30)18-31-23-11-5-21(29)6-12-23/h1-12,22,29-30H,13-18H2/t22-/m0/s1. The van der Waals surface area contributed by atoms with E-state index in [1.54, 1.807) is 36.4 Å². The van der Waals surface area contributed by atoms with Crippen molar-refractivity contribution >= 4 is 17.3 Å². The monoisotopic (exact) mass is 454 g/mol. The molecule has 2 N–H and O–H groups in total. The molecule has 32 heavy (non-hydrogen) atoms. The van der Waals surface area contributed by atoms with Gasteiger partial charge in [-0.25, -0.2) is 0 Å². The molecule has 7 heteroatoms. The Bertz CT molecular complexity index is 972. The highest BCUT2D eigenvalue weighted by atomic mass is 35.5. The first kappa shape index (κ1) is 22.3. The number of piperazine rings is 1. The number of benzene rings is 3. The van der Waals surface area contributed by atoms with Gasteiger partial charge in [0.1, 0.15) is 35.7 Å². The SMILES string of the molecule is Oc1ccc(OC[C@@H](O)CN2CCN(c3ccc(Oc4ccc(Cl)cc4)cc3)CC2)cc1. The highest BCUT2D eigenvalue weighted by Crippen LogP contribution is 2.26. The number of phenolic OH excluding ortho intramolecular Hbond substituents is 1. The number of nitrogens with zero attached hydrogens (tertiary/aromatic N) is 2. The van der Waals surface area contributed by atoms with E-state index < -0.39 is 6.10 Å². The van der Waals surface area contributed by atoms with E-state index in [-0.39, 0.29) is 12.4 Å². The predicted molar refractivity (Wildman–Crippen MR) is 126 cm³/mol. The van der Waals surface area contributed by atoms with Gasteiger partial charge < -0.3 is 24.6 Å². The maximum atomic E-state index is 10.3. The van der Waals surface area contributed by atoms with Crippen molar-refractivity contribution in [2.24, 2.45) is 0 Å². The van der Waals surface area contributed by atoms with Crippen LogP contribution in [0.3, 0.4) is 0 Å². The van der Waals surface area contributed by atoms with Crippen LogP contribution < -0.4 is 14.4 Å². The summed E-state index contributed by atoms with van der Waals surface area (Å²) in [5.74, 6) is 2.37. The molecule has 6 nitrogen and oxygen atoms in total. The van der Waals surface area contributed by atoms with Crippen LogP contribution in [0, 0.1) is 0 Å². The van der Waals surface area contributed by atoms with Gasteiger partial charge in [0.25, 0.3) is 0 Å². The Balaban J connectivity index is 1.21. The molecule has 0 unspecified atom stereocenters. The van der Waals surface area contributed by atoms with E-state index in [0.717, 1.165) is 43.4 Å². The molecule has 0 aliphatic carbocycles. The number of halogens is 1. The molecule has 0 aromatic heterocycles. The average molecular weight is 455 g/mol. The number of aliphatic hydroxyl groups excluding tert-OH is 1. The molecular formula is C25H27ClN2O4. The number of anilines is 1. The number of phenols is 1. The second-order valence-electron chi connectivity index (χ2n) is 7.80. The van der Waals surface area contributed by atoms with Crippen LogP contribution in [0.25, 0.3) is 0 Å². The number of hydrogen-bond donors (Lipinski definition) is 2. The van der Waals surface area contributed by atoms with Gasteiger partial charge in [-0.15, -0.1) is 0 Å². The molecule has 1 aliphatic heterocycles. The van der Waals surface area contributed by atoms with Crippen molar-refractivity contribution in [3.63, 3.8) is 0 Å². The summed E-state index contributed by atoms with van der Waals surface area (Å²) >= 11 is 5.91. The quantitative estimate of drug-likeness (QED) is 0.526. The lowest BCUT2D eigenvalue weighted by atomic mass is 10.2. The Morgan fingerprint density at radius 2 is 1.34 bits per heavy atom. The highest BCUT2D eigenvalue weighted by molar-refractivity contribution is 6.30. The van der Waals surface area contributed by atoms with Gasteiger partial charge in [0.05, 0.1) is 0 Å². The summed E-state index contributed by atoms with van der Waals surface area (Å²) in [7, 11) is 0. The van der Waals surface area contributed by atoms with Gasteiger partial charge in [0.2, 0.25) is 0 Å². The fourth-order valence-electron chi connectivity index (χ4n) is 3.64. The van der Waals surface area contributed by atoms with Gasteiger partial charge in [0, 0.05) is 43.4 Å². The summed E-state index contributed by atoms with van der Waals surface area (Å²) in [6, 6.07) is 21.9. The first-order valence-corrected chi connectivity index (χ1v) is 11.0. The Kier molecular flexibility index (Phi) is 7.37. The Morgan fingerprint density at radius 1 is 0.781 bits per heavy atom. The van der Waals surface area contributed by atoms with E-state index in [1.165, 1.54) is 0 Å². The maximum Gasteiger partial charge on any atom is 0.127 e. The summed E-state index contributed by atoms with van der Waals surface area (Å²) < 4.78 is 11.5. The van der Waals surface area contributed by atoms with Gasteiger partial charge in [-0.05, 0) is 72.8 Å². The Labute approximate surface area is 193 Å². The van der Waals surface area contributed by atoms with E-state index in [9.17, 15) is 10.2 Å². The van der Waals surface area contributed by atoms with Gasteiger partial charge in [-0.2, -0.15) is 0 Å². The van der Waals surface area contributed by atoms with E-state index in [4.69, 9.17) is 21.1 Å². The minimum atomic E-state index is -0.570. The summed E-state index contributed by atoms with van der Waals surface area (Å²) in [6.45, 7) is 4.32. The molecular weight excluding hydrogens is 428 g/mol. The third kappa shape index (κ3) is 6.29. The summed E-state index contributed by atoms with van der Waals surface area (Å²) in [5, 5.41) is 20.3. The number of ether oxygens (including phenoxy) is 2. The normalized spacial score (nSPS) is 15.4. The molecule has 3 aromatic rings. The molecule has 1 aliphatic rings.